The molecule has 0 radical (unpaired) electrons. The predicted molar refractivity (Wildman–Crippen MR) is 108 cm³/mol. The number of amides is 2. The largest absolute Gasteiger partial charge is 0.459 e. The number of imide groups is 1. The standard InChI is InChI=1S/C23H19N3O4/c27-21-17-8-4-5-9-18(17)22(28)25(21)12-13-30-23(29)20-14-19(15-10-11-15)24-26(20)16-6-2-1-3-7-16/h1-9,14-15H,10-13H2. The van der Waals surface area contributed by atoms with Gasteiger partial charge in [0.25, 0.3) is 11.8 Å². The van der Waals surface area contributed by atoms with Crippen molar-refractivity contribution in [1.82, 2.24) is 14.7 Å². The van der Waals surface area contributed by atoms with E-state index in [1.54, 1.807) is 35.0 Å². The Morgan fingerprint density at radius 3 is 2.23 bits per heavy atom. The number of hydrogen-bond donors (Lipinski definition) is 0. The minimum absolute atomic E-state index is 0.00699. The van der Waals surface area contributed by atoms with E-state index in [0.29, 0.717) is 22.7 Å². The first kappa shape index (κ1) is 18.3. The molecule has 7 nitrogen and oxygen atoms in total. The number of carbonyl (C=O) groups excluding carboxylic acids is 3. The van der Waals surface area contributed by atoms with Gasteiger partial charge < -0.3 is 4.74 Å². The molecular weight excluding hydrogens is 382 g/mol. The first-order valence-electron chi connectivity index (χ1n) is 9.91. The van der Waals surface area contributed by atoms with Gasteiger partial charge >= 0.3 is 5.97 Å². The van der Waals surface area contributed by atoms with E-state index in [2.05, 4.69) is 5.10 Å². The second-order valence-electron chi connectivity index (χ2n) is 7.42. The molecule has 2 aliphatic rings. The summed E-state index contributed by atoms with van der Waals surface area (Å²) in [4.78, 5) is 38.7. The summed E-state index contributed by atoms with van der Waals surface area (Å²) in [5.41, 5.74) is 2.75. The SMILES string of the molecule is O=C(OCCN1C(=O)c2ccccc2C1=O)c1cc(C2CC2)nn1-c1ccccc1. The van der Waals surface area contributed by atoms with Gasteiger partial charge in [-0.1, -0.05) is 30.3 Å². The summed E-state index contributed by atoms with van der Waals surface area (Å²) in [7, 11) is 0. The quantitative estimate of drug-likeness (QED) is 0.468. The Hall–Kier alpha value is -3.74. The molecule has 7 heteroatoms. The van der Waals surface area contributed by atoms with Gasteiger partial charge in [0.2, 0.25) is 0 Å². The first-order valence-corrected chi connectivity index (χ1v) is 9.91. The number of esters is 1. The van der Waals surface area contributed by atoms with Gasteiger partial charge in [-0.15, -0.1) is 0 Å². The van der Waals surface area contributed by atoms with Crippen LogP contribution in [0.25, 0.3) is 5.69 Å². The molecular formula is C23H19N3O4. The molecule has 150 valence electrons. The lowest BCUT2D eigenvalue weighted by molar-refractivity contribution is 0.0412. The molecule has 2 aromatic carbocycles. The lowest BCUT2D eigenvalue weighted by atomic mass is 10.1. The number of rotatable bonds is 6. The van der Waals surface area contributed by atoms with Crippen molar-refractivity contribution < 1.29 is 19.1 Å². The third-order valence-electron chi connectivity index (χ3n) is 5.36. The highest BCUT2D eigenvalue weighted by atomic mass is 16.5. The Labute approximate surface area is 172 Å². The highest BCUT2D eigenvalue weighted by Crippen LogP contribution is 2.39. The lowest BCUT2D eigenvalue weighted by Crippen LogP contribution is -2.33. The maximum atomic E-state index is 12.8. The van der Waals surface area contributed by atoms with Crippen LogP contribution in [0.3, 0.4) is 0 Å². The average Bonchev–Trinajstić information content (AvgIpc) is 3.49. The molecule has 1 aliphatic carbocycles. The van der Waals surface area contributed by atoms with Gasteiger partial charge in [0.15, 0.2) is 5.69 Å². The van der Waals surface area contributed by atoms with E-state index in [9.17, 15) is 14.4 Å². The van der Waals surface area contributed by atoms with Crippen LogP contribution >= 0.6 is 0 Å². The van der Waals surface area contributed by atoms with Crippen molar-refractivity contribution in [2.75, 3.05) is 13.2 Å². The Morgan fingerprint density at radius 2 is 1.60 bits per heavy atom. The van der Waals surface area contributed by atoms with Gasteiger partial charge in [0.1, 0.15) is 6.61 Å². The number of benzene rings is 2. The number of ether oxygens (including phenoxy) is 1. The van der Waals surface area contributed by atoms with Crippen molar-refractivity contribution in [3.63, 3.8) is 0 Å². The van der Waals surface area contributed by atoms with Gasteiger partial charge in [-0.25, -0.2) is 9.48 Å². The predicted octanol–water partition coefficient (Wildman–Crippen LogP) is 3.20. The van der Waals surface area contributed by atoms with Gasteiger partial charge in [-0.3, -0.25) is 14.5 Å². The van der Waals surface area contributed by atoms with E-state index in [1.807, 2.05) is 30.3 Å². The lowest BCUT2D eigenvalue weighted by Gasteiger charge is -2.14. The second-order valence-corrected chi connectivity index (χ2v) is 7.42. The third-order valence-corrected chi connectivity index (χ3v) is 5.36. The Morgan fingerprint density at radius 1 is 0.967 bits per heavy atom. The number of carbonyl (C=O) groups is 3. The van der Waals surface area contributed by atoms with Crippen LogP contribution < -0.4 is 0 Å². The molecule has 0 bridgehead atoms. The molecule has 1 fully saturated rings. The van der Waals surface area contributed by atoms with Gasteiger partial charge in [-0.2, -0.15) is 5.10 Å². The molecule has 1 aromatic heterocycles. The van der Waals surface area contributed by atoms with Gasteiger partial charge in [-0.05, 0) is 43.2 Å². The minimum Gasteiger partial charge on any atom is -0.459 e. The van der Waals surface area contributed by atoms with Gasteiger partial charge in [0, 0.05) is 5.92 Å². The van der Waals surface area contributed by atoms with E-state index >= 15 is 0 Å². The van der Waals surface area contributed by atoms with Crippen molar-refractivity contribution in [3.05, 3.63) is 83.2 Å². The second kappa shape index (κ2) is 7.26. The van der Waals surface area contributed by atoms with Crippen molar-refractivity contribution in [2.24, 2.45) is 0 Å². The molecule has 0 unspecified atom stereocenters. The molecule has 0 saturated heterocycles. The normalized spacial score (nSPS) is 15.4. The summed E-state index contributed by atoms with van der Waals surface area (Å²) < 4.78 is 7.01. The molecule has 3 aromatic rings. The summed E-state index contributed by atoms with van der Waals surface area (Å²) in [6.07, 6.45) is 2.14. The zero-order valence-corrected chi connectivity index (χ0v) is 16.2. The third kappa shape index (κ3) is 3.18. The van der Waals surface area contributed by atoms with Crippen LogP contribution in [0, 0.1) is 0 Å². The number of hydrogen-bond acceptors (Lipinski definition) is 5. The van der Waals surface area contributed by atoms with E-state index in [0.717, 1.165) is 29.1 Å². The number of nitrogens with zero attached hydrogens (tertiary/aromatic N) is 3. The number of fused-ring (bicyclic) bond motifs is 1. The highest BCUT2D eigenvalue weighted by Gasteiger charge is 2.35. The van der Waals surface area contributed by atoms with Crippen LogP contribution in [0.1, 0.15) is 55.7 Å². The van der Waals surface area contributed by atoms with Crippen molar-refractivity contribution in [3.8, 4) is 5.69 Å². The van der Waals surface area contributed by atoms with Crippen LogP contribution in [0.2, 0.25) is 0 Å². The smallest absolute Gasteiger partial charge is 0.357 e. The van der Waals surface area contributed by atoms with Gasteiger partial charge in [0.05, 0.1) is 29.1 Å². The minimum atomic E-state index is -0.533. The Kier molecular flexibility index (Phi) is 4.43. The fourth-order valence-electron chi connectivity index (χ4n) is 3.64. The van der Waals surface area contributed by atoms with E-state index in [-0.39, 0.29) is 25.0 Å². The van der Waals surface area contributed by atoms with Crippen molar-refractivity contribution in [2.45, 2.75) is 18.8 Å². The molecule has 0 atom stereocenters. The topological polar surface area (TPSA) is 81.5 Å². The monoisotopic (exact) mass is 401 g/mol. The molecule has 2 heterocycles. The molecule has 1 saturated carbocycles. The molecule has 1 aliphatic heterocycles. The zero-order valence-electron chi connectivity index (χ0n) is 16.2. The molecule has 2 amide bonds. The van der Waals surface area contributed by atoms with Crippen molar-refractivity contribution >= 4 is 17.8 Å². The maximum absolute atomic E-state index is 12.8. The Balaban J connectivity index is 1.30. The summed E-state index contributed by atoms with van der Waals surface area (Å²) in [6, 6.07) is 17.9. The fraction of sp³-hybridized carbons (Fsp3) is 0.217. The van der Waals surface area contributed by atoms with E-state index in [1.165, 1.54) is 0 Å². The number of para-hydroxylation sites is 1. The van der Waals surface area contributed by atoms with Crippen LogP contribution in [-0.4, -0.2) is 45.6 Å². The average molecular weight is 401 g/mol. The first-order chi connectivity index (χ1) is 14.6. The van der Waals surface area contributed by atoms with Crippen LogP contribution in [0.15, 0.2) is 60.7 Å². The summed E-state index contributed by atoms with van der Waals surface area (Å²) in [5, 5.41) is 4.60. The van der Waals surface area contributed by atoms with Crippen LogP contribution in [0.4, 0.5) is 0 Å². The summed E-state index contributed by atoms with van der Waals surface area (Å²) in [5.74, 6) is -0.872. The maximum Gasteiger partial charge on any atom is 0.357 e. The highest BCUT2D eigenvalue weighted by molar-refractivity contribution is 6.21. The van der Waals surface area contributed by atoms with Crippen molar-refractivity contribution in [1.29, 1.82) is 0 Å². The molecule has 0 spiro atoms. The Bertz CT molecular complexity index is 1110. The molecule has 5 rings (SSSR count). The molecule has 30 heavy (non-hydrogen) atoms. The molecule has 0 N–H and O–H groups in total. The fourth-order valence-corrected chi connectivity index (χ4v) is 3.64. The van der Waals surface area contributed by atoms with Crippen LogP contribution in [-0.2, 0) is 4.74 Å². The number of aromatic nitrogens is 2. The van der Waals surface area contributed by atoms with E-state index in [4.69, 9.17) is 4.74 Å². The van der Waals surface area contributed by atoms with Crippen LogP contribution in [0.5, 0.6) is 0 Å². The zero-order chi connectivity index (χ0) is 20.7. The summed E-state index contributed by atoms with van der Waals surface area (Å²) in [6.45, 7) is -0.0733. The van der Waals surface area contributed by atoms with E-state index < -0.39 is 5.97 Å². The summed E-state index contributed by atoms with van der Waals surface area (Å²) >= 11 is 0.